The highest BCUT2D eigenvalue weighted by Crippen LogP contribution is 2.32. The number of rotatable bonds is 2. The third kappa shape index (κ3) is 4.23. The predicted octanol–water partition coefficient (Wildman–Crippen LogP) is 1.76. The SMILES string of the molecule is CN1C(=O)COc2ccc(C(=O)N3CCN(C(=O)CC(C)(C)C)CC3)cc21. The van der Waals surface area contributed by atoms with Crippen LogP contribution >= 0.6 is 0 Å². The molecule has 0 aromatic heterocycles. The van der Waals surface area contributed by atoms with Gasteiger partial charge in [0, 0.05) is 45.2 Å². The van der Waals surface area contributed by atoms with E-state index in [4.69, 9.17) is 4.74 Å². The molecule has 7 nitrogen and oxygen atoms in total. The molecule has 2 heterocycles. The number of amides is 3. The van der Waals surface area contributed by atoms with Crippen LogP contribution < -0.4 is 9.64 Å². The Morgan fingerprint density at radius 2 is 1.70 bits per heavy atom. The van der Waals surface area contributed by atoms with Crippen LogP contribution in [0.15, 0.2) is 18.2 Å². The van der Waals surface area contributed by atoms with E-state index in [0.717, 1.165) is 0 Å². The Balaban J connectivity index is 1.65. The van der Waals surface area contributed by atoms with Crippen molar-refractivity contribution in [2.75, 3.05) is 44.7 Å². The number of anilines is 1. The van der Waals surface area contributed by atoms with Gasteiger partial charge in [0.05, 0.1) is 5.69 Å². The lowest BCUT2D eigenvalue weighted by Crippen LogP contribution is -2.51. The van der Waals surface area contributed by atoms with E-state index in [1.165, 1.54) is 4.90 Å². The van der Waals surface area contributed by atoms with Crippen molar-refractivity contribution < 1.29 is 19.1 Å². The Morgan fingerprint density at radius 3 is 2.33 bits per heavy atom. The third-order valence-corrected chi connectivity index (χ3v) is 4.89. The summed E-state index contributed by atoms with van der Waals surface area (Å²) in [5, 5.41) is 0. The molecule has 1 aromatic rings. The molecule has 146 valence electrons. The van der Waals surface area contributed by atoms with Gasteiger partial charge >= 0.3 is 0 Å². The average molecular weight is 373 g/mol. The highest BCUT2D eigenvalue weighted by atomic mass is 16.5. The van der Waals surface area contributed by atoms with Crippen molar-refractivity contribution in [2.45, 2.75) is 27.2 Å². The molecule has 0 bridgehead atoms. The molecule has 1 saturated heterocycles. The molecular weight excluding hydrogens is 346 g/mol. The monoisotopic (exact) mass is 373 g/mol. The lowest BCUT2D eigenvalue weighted by Gasteiger charge is -2.36. The molecule has 3 amide bonds. The largest absolute Gasteiger partial charge is 0.482 e. The first kappa shape index (κ1) is 19.2. The maximum atomic E-state index is 12.9. The van der Waals surface area contributed by atoms with Crippen molar-refractivity contribution in [3.63, 3.8) is 0 Å². The maximum Gasteiger partial charge on any atom is 0.264 e. The van der Waals surface area contributed by atoms with E-state index in [1.54, 1.807) is 30.1 Å². The Hall–Kier alpha value is -2.57. The summed E-state index contributed by atoms with van der Waals surface area (Å²) in [6.07, 6.45) is 0.506. The normalized spacial score (nSPS) is 17.5. The van der Waals surface area contributed by atoms with E-state index < -0.39 is 0 Å². The molecule has 0 spiro atoms. The fourth-order valence-electron chi connectivity index (χ4n) is 3.31. The molecule has 0 radical (unpaired) electrons. The first-order valence-corrected chi connectivity index (χ1v) is 9.26. The average Bonchev–Trinajstić information content (AvgIpc) is 2.63. The van der Waals surface area contributed by atoms with Crippen molar-refractivity contribution in [3.8, 4) is 5.75 Å². The second-order valence-corrected chi connectivity index (χ2v) is 8.33. The quantitative estimate of drug-likeness (QED) is 0.792. The summed E-state index contributed by atoms with van der Waals surface area (Å²) >= 11 is 0. The van der Waals surface area contributed by atoms with Gasteiger partial charge in [-0.3, -0.25) is 14.4 Å². The van der Waals surface area contributed by atoms with Gasteiger partial charge in [-0.15, -0.1) is 0 Å². The Kier molecular flexibility index (Phi) is 5.13. The molecule has 0 unspecified atom stereocenters. The van der Waals surface area contributed by atoms with Crippen LogP contribution in [-0.2, 0) is 9.59 Å². The van der Waals surface area contributed by atoms with Gasteiger partial charge < -0.3 is 19.4 Å². The highest BCUT2D eigenvalue weighted by Gasteiger charge is 2.28. The number of carbonyl (C=O) groups excluding carboxylic acids is 3. The first-order chi connectivity index (χ1) is 12.7. The molecule has 0 atom stereocenters. The first-order valence-electron chi connectivity index (χ1n) is 9.26. The van der Waals surface area contributed by atoms with Crippen molar-refractivity contribution in [1.82, 2.24) is 9.80 Å². The van der Waals surface area contributed by atoms with E-state index in [9.17, 15) is 14.4 Å². The summed E-state index contributed by atoms with van der Waals surface area (Å²) in [6, 6.07) is 5.16. The molecule has 2 aliphatic rings. The van der Waals surface area contributed by atoms with Gasteiger partial charge in [-0.05, 0) is 23.6 Å². The van der Waals surface area contributed by atoms with Crippen LogP contribution in [0, 0.1) is 5.41 Å². The van der Waals surface area contributed by atoms with E-state index in [2.05, 4.69) is 0 Å². The van der Waals surface area contributed by atoms with E-state index in [-0.39, 0.29) is 29.7 Å². The topological polar surface area (TPSA) is 70.2 Å². The Morgan fingerprint density at radius 1 is 1.07 bits per heavy atom. The maximum absolute atomic E-state index is 12.9. The standard InChI is InChI=1S/C20H27N3O4/c1-20(2,3)12-17(24)22-7-9-23(10-8-22)19(26)14-5-6-16-15(11-14)21(4)18(25)13-27-16/h5-6,11H,7-10,12-13H2,1-4H3. The third-order valence-electron chi connectivity index (χ3n) is 4.89. The molecule has 27 heavy (non-hydrogen) atoms. The number of benzene rings is 1. The summed E-state index contributed by atoms with van der Waals surface area (Å²) in [7, 11) is 1.68. The van der Waals surface area contributed by atoms with Gasteiger partial charge in [0.2, 0.25) is 5.91 Å². The van der Waals surface area contributed by atoms with Gasteiger partial charge in [-0.25, -0.2) is 0 Å². The lowest BCUT2D eigenvalue weighted by atomic mass is 9.91. The lowest BCUT2D eigenvalue weighted by molar-refractivity contribution is -0.134. The second-order valence-electron chi connectivity index (χ2n) is 8.33. The van der Waals surface area contributed by atoms with Crippen LogP contribution in [0.3, 0.4) is 0 Å². The zero-order chi connectivity index (χ0) is 19.8. The molecule has 0 N–H and O–H groups in total. The van der Waals surface area contributed by atoms with Crippen molar-refractivity contribution in [1.29, 1.82) is 0 Å². The number of piperazine rings is 1. The highest BCUT2D eigenvalue weighted by molar-refractivity contribution is 6.01. The number of ether oxygens (including phenoxy) is 1. The van der Waals surface area contributed by atoms with Gasteiger partial charge in [0.25, 0.3) is 11.8 Å². The van der Waals surface area contributed by atoms with Crippen LogP contribution in [0.4, 0.5) is 5.69 Å². The number of nitrogens with zero attached hydrogens (tertiary/aromatic N) is 3. The molecule has 1 aromatic carbocycles. The summed E-state index contributed by atoms with van der Waals surface area (Å²) in [5.41, 5.74) is 1.09. The molecule has 2 aliphatic heterocycles. The molecule has 0 saturated carbocycles. The van der Waals surface area contributed by atoms with E-state index >= 15 is 0 Å². The Bertz CT molecular complexity index is 761. The van der Waals surface area contributed by atoms with Crippen molar-refractivity contribution in [3.05, 3.63) is 23.8 Å². The van der Waals surface area contributed by atoms with Gasteiger partial charge in [0.1, 0.15) is 5.75 Å². The second kappa shape index (κ2) is 7.21. The minimum Gasteiger partial charge on any atom is -0.482 e. The van der Waals surface area contributed by atoms with Crippen LogP contribution in [0.25, 0.3) is 0 Å². The van der Waals surface area contributed by atoms with Crippen molar-refractivity contribution >= 4 is 23.4 Å². The predicted molar refractivity (Wildman–Crippen MR) is 102 cm³/mol. The van der Waals surface area contributed by atoms with Crippen LogP contribution in [0.5, 0.6) is 5.75 Å². The molecule has 1 fully saturated rings. The molecule has 3 rings (SSSR count). The van der Waals surface area contributed by atoms with Crippen LogP contribution in [0.2, 0.25) is 0 Å². The molecule has 7 heteroatoms. The van der Waals surface area contributed by atoms with E-state index in [0.29, 0.717) is 49.6 Å². The van der Waals surface area contributed by atoms with Gasteiger partial charge in [0.15, 0.2) is 6.61 Å². The van der Waals surface area contributed by atoms with Crippen molar-refractivity contribution in [2.24, 2.45) is 5.41 Å². The summed E-state index contributed by atoms with van der Waals surface area (Å²) in [6.45, 7) is 8.28. The summed E-state index contributed by atoms with van der Waals surface area (Å²) < 4.78 is 5.41. The minimum atomic E-state index is -0.141. The zero-order valence-electron chi connectivity index (χ0n) is 16.4. The zero-order valence-corrected chi connectivity index (χ0v) is 16.4. The number of carbonyl (C=O) groups is 3. The van der Waals surface area contributed by atoms with Crippen LogP contribution in [-0.4, -0.2) is 67.4 Å². The smallest absolute Gasteiger partial charge is 0.264 e. The fourth-order valence-corrected chi connectivity index (χ4v) is 3.31. The minimum absolute atomic E-state index is 0.0152. The summed E-state index contributed by atoms with van der Waals surface area (Å²) in [4.78, 5) is 42.1. The van der Waals surface area contributed by atoms with Crippen LogP contribution in [0.1, 0.15) is 37.6 Å². The molecular formula is C20H27N3O4. The number of hydrogen-bond donors (Lipinski definition) is 0. The van der Waals surface area contributed by atoms with Gasteiger partial charge in [-0.1, -0.05) is 20.8 Å². The molecule has 0 aliphatic carbocycles. The summed E-state index contributed by atoms with van der Waals surface area (Å²) in [5.74, 6) is 0.511. The van der Waals surface area contributed by atoms with E-state index in [1.807, 2.05) is 25.7 Å². The number of likely N-dealkylation sites (N-methyl/N-ethyl adjacent to an activating group) is 1. The fraction of sp³-hybridized carbons (Fsp3) is 0.550. The Labute approximate surface area is 159 Å². The van der Waals surface area contributed by atoms with Gasteiger partial charge in [-0.2, -0.15) is 0 Å². The number of hydrogen-bond acceptors (Lipinski definition) is 4. The number of fused-ring (bicyclic) bond motifs is 1.